The number of rotatable bonds is 6. The summed E-state index contributed by atoms with van der Waals surface area (Å²) in [6.07, 6.45) is 8.49. The first-order valence-electron chi connectivity index (χ1n) is 9.89. The van der Waals surface area contributed by atoms with Crippen molar-refractivity contribution in [3.05, 3.63) is 57.6 Å². The van der Waals surface area contributed by atoms with Gasteiger partial charge in [0.15, 0.2) is 11.4 Å². The van der Waals surface area contributed by atoms with Gasteiger partial charge in [-0.3, -0.25) is 9.59 Å². The minimum atomic E-state index is -1.62. The van der Waals surface area contributed by atoms with Gasteiger partial charge in [-0.2, -0.15) is 0 Å². The van der Waals surface area contributed by atoms with E-state index in [-0.39, 0.29) is 27.9 Å². The van der Waals surface area contributed by atoms with Crippen LogP contribution in [0.4, 0.5) is 0 Å². The summed E-state index contributed by atoms with van der Waals surface area (Å²) in [6.45, 7) is 9.26. The second-order valence-corrected chi connectivity index (χ2v) is 8.22. The van der Waals surface area contributed by atoms with Crippen molar-refractivity contribution in [2.45, 2.75) is 53.1 Å². The van der Waals surface area contributed by atoms with Crippen molar-refractivity contribution < 1.29 is 23.9 Å². The molecule has 0 bridgehead atoms. The van der Waals surface area contributed by atoms with E-state index in [0.29, 0.717) is 29.2 Å². The number of esters is 1. The van der Waals surface area contributed by atoms with Gasteiger partial charge in [-0.05, 0) is 31.4 Å². The topological polar surface area (TPSA) is 69.7 Å². The normalized spacial score (nSPS) is 25.9. The number of halogens is 1. The van der Waals surface area contributed by atoms with Crippen LogP contribution in [0.25, 0.3) is 0 Å². The van der Waals surface area contributed by atoms with Crippen LogP contribution in [0.2, 0.25) is 0 Å². The van der Waals surface area contributed by atoms with E-state index in [1.54, 1.807) is 13.0 Å². The molecule has 3 aliphatic rings. The average molecular weight is 417 g/mol. The quantitative estimate of drug-likeness (QED) is 0.464. The molecule has 0 spiro atoms. The van der Waals surface area contributed by atoms with Crippen molar-refractivity contribution in [1.29, 1.82) is 0 Å². The number of hydrogen-bond acceptors (Lipinski definition) is 5. The van der Waals surface area contributed by atoms with Crippen molar-refractivity contribution in [2.24, 2.45) is 11.8 Å². The molecule has 3 rings (SSSR count). The predicted molar refractivity (Wildman–Crippen MR) is 110 cm³/mol. The van der Waals surface area contributed by atoms with Crippen LogP contribution >= 0.6 is 11.6 Å². The predicted octanol–water partition coefficient (Wildman–Crippen LogP) is 4.69. The molecule has 0 aromatic carbocycles. The first kappa shape index (κ1) is 21.3. The van der Waals surface area contributed by atoms with Gasteiger partial charge < -0.3 is 9.47 Å². The number of carbonyl (C=O) groups is 3. The Hall–Kier alpha value is -2.40. The molecule has 2 heterocycles. The van der Waals surface area contributed by atoms with E-state index in [4.69, 9.17) is 21.1 Å². The van der Waals surface area contributed by atoms with Crippen molar-refractivity contribution >= 4 is 29.1 Å². The van der Waals surface area contributed by atoms with Gasteiger partial charge >= 0.3 is 5.97 Å². The fourth-order valence-electron chi connectivity index (χ4n) is 3.47. The highest BCUT2D eigenvalue weighted by molar-refractivity contribution is 6.46. The number of Topliss-reactive ketones (excluding diaryl/α,β-unsaturated/α-hetero) is 2. The van der Waals surface area contributed by atoms with Crippen LogP contribution in [0.1, 0.15) is 47.5 Å². The van der Waals surface area contributed by atoms with Crippen molar-refractivity contribution in [2.75, 3.05) is 0 Å². The van der Waals surface area contributed by atoms with E-state index in [9.17, 15) is 14.4 Å². The van der Waals surface area contributed by atoms with Gasteiger partial charge in [0.25, 0.3) is 0 Å². The Morgan fingerprint density at radius 2 is 1.93 bits per heavy atom. The molecule has 0 N–H and O–H groups in total. The third-order valence-electron chi connectivity index (χ3n) is 5.80. The molecular weight excluding hydrogens is 392 g/mol. The number of allylic oxidation sites excluding steroid dienone is 4. The van der Waals surface area contributed by atoms with Gasteiger partial charge in [0.05, 0.1) is 11.3 Å². The minimum Gasteiger partial charge on any atom is -0.464 e. The highest BCUT2D eigenvalue weighted by Crippen LogP contribution is 2.49. The molecule has 0 aromatic rings. The molecule has 29 heavy (non-hydrogen) atoms. The van der Waals surface area contributed by atoms with E-state index in [1.807, 2.05) is 19.1 Å². The van der Waals surface area contributed by atoms with Crippen molar-refractivity contribution in [3.63, 3.8) is 0 Å². The molecule has 2 aliphatic heterocycles. The SMILES string of the molecule is CC[C@H](C)/C=C/C1=CC2=C(Cl)C(=O)[C@@]3(C)OC(=O)C(C(=O)[C@@H](C)CC)=C3C2=CO1. The zero-order valence-corrected chi connectivity index (χ0v) is 18.1. The summed E-state index contributed by atoms with van der Waals surface area (Å²) < 4.78 is 11.1. The summed E-state index contributed by atoms with van der Waals surface area (Å²) in [5.41, 5.74) is -0.581. The Balaban J connectivity index is 2.15. The number of hydrogen-bond donors (Lipinski definition) is 0. The molecule has 0 radical (unpaired) electrons. The highest BCUT2D eigenvalue weighted by atomic mass is 35.5. The van der Waals surface area contributed by atoms with Crippen LogP contribution in [-0.2, 0) is 23.9 Å². The highest BCUT2D eigenvalue weighted by Gasteiger charge is 2.57. The molecule has 0 fully saturated rings. The fraction of sp³-hybridized carbons (Fsp3) is 0.435. The van der Waals surface area contributed by atoms with Gasteiger partial charge in [0, 0.05) is 22.6 Å². The lowest BCUT2D eigenvalue weighted by Crippen LogP contribution is -2.42. The molecule has 154 valence electrons. The fourth-order valence-corrected chi connectivity index (χ4v) is 3.81. The molecule has 0 saturated carbocycles. The average Bonchev–Trinajstić information content (AvgIpc) is 3.00. The van der Waals surface area contributed by atoms with Crippen LogP contribution in [0.3, 0.4) is 0 Å². The standard InChI is InChI=1S/C23H25ClO5/c1-6-12(3)8-9-14-10-15-16(11-28-14)18-17(20(25)13(4)7-2)22(27)29-23(18,5)21(26)19(15)24/h8-13H,6-7H2,1-5H3/b9-8+/t12-,13-,23-/m0/s1. The van der Waals surface area contributed by atoms with Gasteiger partial charge in [0.2, 0.25) is 5.78 Å². The lowest BCUT2D eigenvalue weighted by molar-refractivity contribution is -0.153. The molecule has 0 unspecified atom stereocenters. The van der Waals surface area contributed by atoms with Crippen LogP contribution in [-0.4, -0.2) is 23.1 Å². The lowest BCUT2D eigenvalue weighted by Gasteiger charge is -2.33. The Morgan fingerprint density at radius 3 is 2.55 bits per heavy atom. The van der Waals surface area contributed by atoms with Gasteiger partial charge in [-0.15, -0.1) is 0 Å². The Bertz CT molecular complexity index is 946. The van der Waals surface area contributed by atoms with Gasteiger partial charge in [-0.1, -0.05) is 51.8 Å². The Kier molecular flexibility index (Phi) is 5.72. The first-order chi connectivity index (χ1) is 13.7. The monoisotopic (exact) mass is 416 g/mol. The molecule has 5 nitrogen and oxygen atoms in total. The smallest absolute Gasteiger partial charge is 0.343 e. The minimum absolute atomic E-state index is 0.0368. The van der Waals surface area contributed by atoms with E-state index < -0.39 is 17.4 Å². The van der Waals surface area contributed by atoms with Crippen LogP contribution in [0, 0.1) is 11.8 Å². The van der Waals surface area contributed by atoms with Crippen molar-refractivity contribution in [3.8, 4) is 0 Å². The molecule has 1 aliphatic carbocycles. The second-order valence-electron chi connectivity index (χ2n) is 7.84. The molecule has 6 heteroatoms. The van der Waals surface area contributed by atoms with E-state index in [2.05, 4.69) is 13.8 Å². The molecule has 0 amide bonds. The van der Waals surface area contributed by atoms with Gasteiger partial charge in [0.1, 0.15) is 11.3 Å². The van der Waals surface area contributed by atoms with Crippen LogP contribution in [0.5, 0.6) is 0 Å². The number of ketones is 2. The summed E-state index contributed by atoms with van der Waals surface area (Å²) in [6, 6.07) is 0. The maximum absolute atomic E-state index is 13.0. The Labute approximate surface area is 175 Å². The number of fused-ring (bicyclic) bond motifs is 3. The largest absolute Gasteiger partial charge is 0.464 e. The van der Waals surface area contributed by atoms with Crippen molar-refractivity contribution in [1.82, 2.24) is 0 Å². The molecule has 0 aromatic heterocycles. The van der Waals surface area contributed by atoms with E-state index in [1.165, 1.54) is 13.2 Å². The summed E-state index contributed by atoms with van der Waals surface area (Å²) in [4.78, 5) is 38.5. The summed E-state index contributed by atoms with van der Waals surface area (Å²) in [7, 11) is 0. The molecule has 3 atom stereocenters. The summed E-state index contributed by atoms with van der Waals surface area (Å²) >= 11 is 6.38. The number of ether oxygens (including phenoxy) is 2. The summed E-state index contributed by atoms with van der Waals surface area (Å²) in [5.74, 6) is -1.15. The van der Waals surface area contributed by atoms with Crippen LogP contribution in [0.15, 0.2) is 57.6 Å². The van der Waals surface area contributed by atoms with Crippen LogP contribution < -0.4 is 0 Å². The third-order valence-corrected chi connectivity index (χ3v) is 6.17. The number of carbonyl (C=O) groups excluding carboxylic acids is 3. The van der Waals surface area contributed by atoms with E-state index >= 15 is 0 Å². The maximum Gasteiger partial charge on any atom is 0.343 e. The third kappa shape index (κ3) is 3.42. The maximum atomic E-state index is 13.0. The molecule has 0 saturated heterocycles. The molecular formula is C23H25ClO5. The van der Waals surface area contributed by atoms with E-state index in [0.717, 1.165) is 6.42 Å². The zero-order valence-electron chi connectivity index (χ0n) is 17.3. The van der Waals surface area contributed by atoms with Gasteiger partial charge in [-0.25, -0.2) is 4.79 Å². The summed E-state index contributed by atoms with van der Waals surface area (Å²) in [5, 5.41) is -0.0368. The zero-order chi connectivity index (χ0) is 21.5. The first-order valence-corrected chi connectivity index (χ1v) is 10.3. The Morgan fingerprint density at radius 1 is 1.24 bits per heavy atom. The lowest BCUT2D eigenvalue weighted by atomic mass is 9.75. The second kappa shape index (κ2) is 7.79.